The number of hydrogen-bond acceptors (Lipinski definition) is 13. The molecule has 360 valence electrons. The predicted molar refractivity (Wildman–Crippen MR) is 239 cm³/mol. The van der Waals surface area contributed by atoms with Crippen molar-refractivity contribution < 1.29 is 52.7 Å². The molecule has 0 aromatic rings. The third-order valence-electron chi connectivity index (χ3n) is 10.5. The molecule has 2 rings (SSSR count). The summed E-state index contributed by atoms with van der Waals surface area (Å²) in [5.74, 6) is -9.05. The van der Waals surface area contributed by atoms with Crippen molar-refractivity contribution in [2.24, 2.45) is 35.0 Å². The number of hydrogen-bond donors (Lipinski definition) is 10. The van der Waals surface area contributed by atoms with Crippen LogP contribution in [0.4, 0.5) is 0 Å². The third-order valence-corrected chi connectivity index (χ3v) is 12.9. The fourth-order valence-corrected chi connectivity index (χ4v) is 9.10. The first kappa shape index (κ1) is 55.0. The molecule has 0 radical (unpaired) electrons. The van der Waals surface area contributed by atoms with Crippen LogP contribution in [0.25, 0.3) is 0 Å². The second-order valence-corrected chi connectivity index (χ2v) is 19.5. The SMILES string of the molecule is CC[C@H](C)[C@@H]1NC(=O)[C@H](CC(C)C)NC(=O)CCSSC[C@@H](C(=O)N2CCC[C@H]2C(=O)N[C@@H](CC(C)C)C(=O)NCC(N)=O)NC(=O)[C@H](CC(N)=O)NC(=O)[C@H](CCC(N)=O)NC1=O. The number of carbonyl (C=O) groups is 11. The number of nitrogens with two attached hydrogens (primary N) is 3. The van der Waals surface area contributed by atoms with Crippen molar-refractivity contribution >= 4 is 86.6 Å². The summed E-state index contributed by atoms with van der Waals surface area (Å²) in [7, 11) is 2.31. The molecule has 0 unspecified atom stereocenters. The van der Waals surface area contributed by atoms with Gasteiger partial charge in [0, 0.05) is 30.9 Å². The first-order valence-corrected chi connectivity index (χ1v) is 24.0. The lowest BCUT2D eigenvalue weighted by molar-refractivity contribution is -0.142. The Morgan fingerprint density at radius 2 is 1.41 bits per heavy atom. The van der Waals surface area contributed by atoms with E-state index in [1.807, 2.05) is 27.7 Å². The minimum absolute atomic E-state index is 0.0437. The van der Waals surface area contributed by atoms with Crippen molar-refractivity contribution in [2.45, 2.75) is 142 Å². The molecule has 0 aromatic heterocycles. The fraction of sp³-hybridized carbons (Fsp3) is 0.725. The number of primary amides is 3. The van der Waals surface area contributed by atoms with Crippen LogP contribution in [0.2, 0.25) is 0 Å². The lowest BCUT2D eigenvalue weighted by atomic mass is 9.96. The lowest BCUT2D eigenvalue weighted by Crippen LogP contribution is -2.61. The molecule has 2 saturated heterocycles. The van der Waals surface area contributed by atoms with Gasteiger partial charge >= 0.3 is 0 Å². The van der Waals surface area contributed by atoms with Crippen molar-refractivity contribution in [2.75, 3.05) is 24.6 Å². The maximum atomic E-state index is 14.4. The Hall–Kier alpha value is -5.13. The van der Waals surface area contributed by atoms with Gasteiger partial charge in [-0.25, -0.2) is 0 Å². The maximum absolute atomic E-state index is 14.4. The van der Waals surface area contributed by atoms with Crippen LogP contribution in [0.15, 0.2) is 0 Å². The summed E-state index contributed by atoms with van der Waals surface area (Å²) in [6.45, 7) is 10.5. The van der Waals surface area contributed by atoms with Crippen LogP contribution in [-0.4, -0.2) is 137 Å². The first-order valence-electron chi connectivity index (χ1n) is 21.5. The normalized spacial score (nSPS) is 24.2. The van der Waals surface area contributed by atoms with Gasteiger partial charge in [0.25, 0.3) is 0 Å². The number of rotatable bonds is 17. The summed E-state index contributed by atoms with van der Waals surface area (Å²) >= 11 is 0. The molecular weight excluding hydrogens is 875 g/mol. The van der Waals surface area contributed by atoms with Crippen LogP contribution in [-0.2, 0) is 52.7 Å². The topological polar surface area (TPSA) is 353 Å². The summed E-state index contributed by atoms with van der Waals surface area (Å²) in [5.41, 5.74) is 16.1. The Labute approximate surface area is 381 Å². The molecule has 2 fully saturated rings. The molecule has 2 aliphatic heterocycles. The van der Waals surface area contributed by atoms with E-state index in [2.05, 4.69) is 37.2 Å². The van der Waals surface area contributed by atoms with E-state index < -0.39 is 126 Å². The minimum atomic E-state index is -1.70. The Bertz CT molecular complexity index is 1720. The molecule has 8 atom stereocenters. The quantitative estimate of drug-likeness (QED) is 0.0679. The Morgan fingerprint density at radius 3 is 2.00 bits per heavy atom. The van der Waals surface area contributed by atoms with E-state index in [0.717, 1.165) is 10.8 Å². The summed E-state index contributed by atoms with van der Waals surface area (Å²) < 4.78 is 0. The monoisotopic (exact) mass is 941 g/mol. The second-order valence-electron chi connectivity index (χ2n) is 16.9. The van der Waals surface area contributed by atoms with Crippen molar-refractivity contribution in [3.8, 4) is 0 Å². The van der Waals surface area contributed by atoms with E-state index in [0.29, 0.717) is 12.8 Å². The molecule has 0 saturated carbocycles. The van der Waals surface area contributed by atoms with Gasteiger partial charge < -0.3 is 59.3 Å². The average Bonchev–Trinajstić information content (AvgIpc) is 3.70. The van der Waals surface area contributed by atoms with Crippen LogP contribution in [0.3, 0.4) is 0 Å². The molecule has 13 N–H and O–H groups in total. The number of nitrogens with one attached hydrogen (secondary N) is 7. The minimum Gasteiger partial charge on any atom is -0.370 e. The molecule has 64 heavy (non-hydrogen) atoms. The Balaban J connectivity index is 2.56. The number of carbonyl (C=O) groups excluding carboxylic acids is 11. The molecule has 11 amide bonds. The number of nitrogens with zero attached hydrogens (tertiary/aromatic N) is 1. The molecule has 2 aliphatic rings. The molecular formula is C40H67N11O11S2. The molecule has 24 heteroatoms. The number of amides is 11. The maximum Gasteiger partial charge on any atom is 0.246 e. The van der Waals surface area contributed by atoms with E-state index in [4.69, 9.17) is 17.2 Å². The Morgan fingerprint density at radius 1 is 0.766 bits per heavy atom. The van der Waals surface area contributed by atoms with E-state index in [1.54, 1.807) is 13.8 Å². The van der Waals surface area contributed by atoms with Crippen LogP contribution >= 0.6 is 21.6 Å². The third kappa shape index (κ3) is 18.9. The van der Waals surface area contributed by atoms with Gasteiger partial charge in [-0.05, 0) is 49.9 Å². The zero-order chi connectivity index (χ0) is 48.3. The van der Waals surface area contributed by atoms with E-state index in [9.17, 15) is 52.7 Å². The predicted octanol–water partition coefficient (Wildman–Crippen LogP) is -2.45. The first-order chi connectivity index (χ1) is 30.0. The van der Waals surface area contributed by atoms with Crippen LogP contribution in [0.1, 0.15) is 99.3 Å². The van der Waals surface area contributed by atoms with Gasteiger partial charge in [0.05, 0.1) is 13.0 Å². The van der Waals surface area contributed by atoms with Crippen molar-refractivity contribution in [3.63, 3.8) is 0 Å². The van der Waals surface area contributed by atoms with Gasteiger partial charge in [-0.2, -0.15) is 0 Å². The molecule has 0 spiro atoms. The van der Waals surface area contributed by atoms with Gasteiger partial charge in [-0.1, -0.05) is 69.6 Å². The van der Waals surface area contributed by atoms with Gasteiger partial charge in [0.15, 0.2) is 0 Å². The summed E-state index contributed by atoms with van der Waals surface area (Å²) in [5, 5.41) is 18.1. The van der Waals surface area contributed by atoms with Gasteiger partial charge in [0.2, 0.25) is 65.0 Å². The highest BCUT2D eigenvalue weighted by Crippen LogP contribution is 2.26. The van der Waals surface area contributed by atoms with Gasteiger partial charge in [0.1, 0.15) is 42.3 Å². The van der Waals surface area contributed by atoms with Crippen molar-refractivity contribution in [1.29, 1.82) is 0 Å². The molecule has 0 aliphatic carbocycles. The highest BCUT2D eigenvalue weighted by molar-refractivity contribution is 8.76. The van der Waals surface area contributed by atoms with Crippen LogP contribution < -0.4 is 54.4 Å². The largest absolute Gasteiger partial charge is 0.370 e. The van der Waals surface area contributed by atoms with E-state index in [-0.39, 0.29) is 68.4 Å². The van der Waals surface area contributed by atoms with Crippen molar-refractivity contribution in [1.82, 2.24) is 42.1 Å². The summed E-state index contributed by atoms with van der Waals surface area (Å²) in [4.78, 5) is 146. The molecule has 22 nitrogen and oxygen atoms in total. The van der Waals surface area contributed by atoms with Crippen LogP contribution in [0.5, 0.6) is 0 Å². The summed E-state index contributed by atoms with van der Waals surface area (Å²) in [6, 6.07) is -8.97. The second kappa shape index (κ2) is 27.3. The molecule has 0 aromatic carbocycles. The van der Waals surface area contributed by atoms with E-state index >= 15 is 0 Å². The smallest absolute Gasteiger partial charge is 0.246 e. The fourth-order valence-electron chi connectivity index (χ4n) is 6.95. The lowest BCUT2D eigenvalue weighted by Gasteiger charge is -2.31. The van der Waals surface area contributed by atoms with Gasteiger partial charge in [-0.3, -0.25) is 52.7 Å². The average molecular weight is 942 g/mol. The highest BCUT2D eigenvalue weighted by atomic mass is 33.1. The molecule has 0 bridgehead atoms. The summed E-state index contributed by atoms with van der Waals surface area (Å²) in [6.07, 6.45) is -0.0974. The van der Waals surface area contributed by atoms with Crippen molar-refractivity contribution in [3.05, 3.63) is 0 Å². The zero-order valence-electron chi connectivity index (χ0n) is 37.5. The van der Waals surface area contributed by atoms with Gasteiger partial charge in [-0.15, -0.1) is 0 Å². The zero-order valence-corrected chi connectivity index (χ0v) is 39.1. The van der Waals surface area contributed by atoms with E-state index in [1.165, 1.54) is 15.7 Å². The highest BCUT2D eigenvalue weighted by Gasteiger charge is 2.40. The Kier molecular flexibility index (Phi) is 23.4. The number of likely N-dealkylation sites (tertiary alicyclic amines) is 1. The van der Waals surface area contributed by atoms with Crippen LogP contribution in [0, 0.1) is 17.8 Å². The standard InChI is InChI=1S/C40H67N11O11S2/c1-7-22(6)33-39(61)46-23(10-11-29(41)52)35(57)47-26(17-30(42)53)36(58)49-27(19-64-63-14-12-32(55)45-25(16-21(4)5)37(59)50-33)40(62)51-13-8-9-28(51)38(60)48-24(15-20(2)3)34(56)44-18-31(43)54/h20-28,33H,7-19H2,1-6H3,(H2,41,52)(H2,42,53)(H2,43,54)(H,44,56)(H,45,55)(H,46,61)(H,47,57)(H,48,60)(H,49,58)(H,50,59)/t22-,23-,24-,25-,26-,27-,28-,33-/m0/s1. The molecule has 2 heterocycles.